The predicted octanol–water partition coefficient (Wildman–Crippen LogP) is -2.14. The van der Waals surface area contributed by atoms with Crippen LogP contribution in [0.1, 0.15) is 6.92 Å². The van der Waals surface area contributed by atoms with Gasteiger partial charge in [-0.2, -0.15) is 0 Å². The van der Waals surface area contributed by atoms with Crippen molar-refractivity contribution in [1.82, 2.24) is 0 Å². The molecule has 0 amide bonds. The number of aliphatic hydroxyl groups excluding tert-OH is 6. The molecule has 0 bridgehead atoms. The van der Waals surface area contributed by atoms with E-state index < -0.39 is 6.10 Å². The zero-order chi connectivity index (χ0) is 12.5. The van der Waals surface area contributed by atoms with Crippen LogP contribution in [0.25, 0.3) is 0 Å². The number of hydrogen-bond acceptors (Lipinski definition) is 6. The molecule has 0 aromatic heterocycles. The van der Waals surface area contributed by atoms with E-state index in [1.54, 1.807) is 13.0 Å². The van der Waals surface area contributed by atoms with Gasteiger partial charge in [-0.1, -0.05) is 12.2 Å². The Balaban J connectivity index is -0.000000155. The third kappa shape index (κ3) is 42.3. The summed E-state index contributed by atoms with van der Waals surface area (Å²) < 4.78 is 0. The van der Waals surface area contributed by atoms with E-state index in [0.717, 1.165) is 0 Å². The standard InChI is InChI=1S/C5H10O2.2C2H6O2/c1-2-3-5(7)4-6;2*3-1-2-4/h2-3,5-7H,4H2,1H3;2*3-4H,1-2H2. The summed E-state index contributed by atoms with van der Waals surface area (Å²) in [5, 5.41) is 47.2. The number of allylic oxidation sites excluding steroid dienone is 1. The summed E-state index contributed by atoms with van der Waals surface area (Å²) in [5.41, 5.74) is 0. The van der Waals surface area contributed by atoms with Gasteiger partial charge < -0.3 is 30.6 Å². The number of rotatable bonds is 4. The summed E-state index contributed by atoms with van der Waals surface area (Å²) in [4.78, 5) is 0. The van der Waals surface area contributed by atoms with E-state index in [1.807, 2.05) is 0 Å². The molecule has 1 unspecified atom stereocenters. The molecule has 1 atom stereocenters. The van der Waals surface area contributed by atoms with Gasteiger partial charge in [-0.25, -0.2) is 0 Å². The second kappa shape index (κ2) is 23.4. The zero-order valence-electron chi connectivity index (χ0n) is 8.95. The van der Waals surface area contributed by atoms with Crippen LogP contribution in [-0.4, -0.2) is 69.8 Å². The van der Waals surface area contributed by atoms with Crippen LogP contribution in [0.15, 0.2) is 12.2 Å². The van der Waals surface area contributed by atoms with Gasteiger partial charge in [-0.15, -0.1) is 0 Å². The Bertz CT molecular complexity index is 98.8. The van der Waals surface area contributed by atoms with Gasteiger partial charge in [0, 0.05) is 0 Å². The van der Waals surface area contributed by atoms with Crippen molar-refractivity contribution >= 4 is 0 Å². The summed E-state index contributed by atoms with van der Waals surface area (Å²) in [7, 11) is 0. The fourth-order valence-electron chi connectivity index (χ4n) is 0.283. The first-order chi connectivity index (χ1) is 7.14. The molecule has 0 saturated heterocycles. The molecular weight excluding hydrogens is 204 g/mol. The molecule has 15 heavy (non-hydrogen) atoms. The van der Waals surface area contributed by atoms with Crippen molar-refractivity contribution in [2.24, 2.45) is 0 Å². The minimum absolute atomic E-state index is 0.125. The zero-order valence-corrected chi connectivity index (χ0v) is 8.95. The fraction of sp³-hybridized carbons (Fsp3) is 0.778. The molecule has 6 N–H and O–H groups in total. The number of hydrogen-bond donors (Lipinski definition) is 6. The Morgan fingerprint density at radius 2 is 1.20 bits per heavy atom. The highest BCUT2D eigenvalue weighted by Crippen LogP contribution is 1.80. The van der Waals surface area contributed by atoms with Crippen LogP contribution in [-0.2, 0) is 0 Å². The van der Waals surface area contributed by atoms with Gasteiger partial charge in [-0.05, 0) is 6.92 Å². The predicted molar refractivity (Wildman–Crippen MR) is 56.2 cm³/mol. The lowest BCUT2D eigenvalue weighted by molar-refractivity contribution is 0.131. The molecule has 0 aliphatic rings. The van der Waals surface area contributed by atoms with Gasteiger partial charge in [0.25, 0.3) is 0 Å². The lowest BCUT2D eigenvalue weighted by atomic mass is 10.3. The quantitative estimate of drug-likeness (QED) is 0.304. The second-order valence-electron chi connectivity index (χ2n) is 2.17. The monoisotopic (exact) mass is 226 g/mol. The molecule has 0 spiro atoms. The van der Waals surface area contributed by atoms with Crippen molar-refractivity contribution in [3.63, 3.8) is 0 Å². The minimum atomic E-state index is -0.676. The molecule has 6 heteroatoms. The highest BCUT2D eigenvalue weighted by atomic mass is 16.3. The van der Waals surface area contributed by atoms with Crippen molar-refractivity contribution in [2.75, 3.05) is 33.0 Å². The van der Waals surface area contributed by atoms with Gasteiger partial charge >= 0.3 is 0 Å². The van der Waals surface area contributed by atoms with Crippen LogP contribution in [0.4, 0.5) is 0 Å². The Kier molecular flexibility index (Phi) is 31.1. The van der Waals surface area contributed by atoms with E-state index in [4.69, 9.17) is 30.6 Å². The molecule has 0 heterocycles. The number of aliphatic hydroxyl groups is 6. The van der Waals surface area contributed by atoms with Crippen LogP contribution in [0.5, 0.6) is 0 Å². The van der Waals surface area contributed by atoms with Crippen molar-refractivity contribution in [1.29, 1.82) is 0 Å². The summed E-state index contributed by atoms with van der Waals surface area (Å²) in [6, 6.07) is 0. The highest BCUT2D eigenvalue weighted by molar-refractivity contribution is 4.84. The SMILES string of the molecule is CC=CC(O)CO.OCCO.OCCO. The fourth-order valence-corrected chi connectivity index (χ4v) is 0.283. The Morgan fingerprint density at radius 1 is 0.867 bits per heavy atom. The van der Waals surface area contributed by atoms with Crippen molar-refractivity contribution in [3.05, 3.63) is 12.2 Å². The molecule has 0 aromatic carbocycles. The van der Waals surface area contributed by atoms with Crippen molar-refractivity contribution in [2.45, 2.75) is 13.0 Å². The summed E-state index contributed by atoms with van der Waals surface area (Å²) >= 11 is 0. The molecule has 0 saturated carbocycles. The van der Waals surface area contributed by atoms with E-state index in [0.29, 0.717) is 0 Å². The van der Waals surface area contributed by atoms with Gasteiger partial charge in [0.15, 0.2) is 0 Å². The minimum Gasteiger partial charge on any atom is -0.394 e. The smallest absolute Gasteiger partial charge is 0.0951 e. The second-order valence-corrected chi connectivity index (χ2v) is 2.17. The topological polar surface area (TPSA) is 121 Å². The maximum atomic E-state index is 8.52. The van der Waals surface area contributed by atoms with Crippen molar-refractivity contribution < 1.29 is 30.6 Å². The molecule has 94 valence electrons. The van der Waals surface area contributed by atoms with E-state index in [9.17, 15) is 0 Å². The van der Waals surface area contributed by atoms with Gasteiger partial charge in [-0.3, -0.25) is 0 Å². The van der Waals surface area contributed by atoms with Gasteiger partial charge in [0.1, 0.15) is 0 Å². The van der Waals surface area contributed by atoms with E-state index in [2.05, 4.69) is 0 Å². The van der Waals surface area contributed by atoms with Gasteiger partial charge in [0.05, 0.1) is 39.1 Å². The molecule has 6 nitrogen and oxygen atoms in total. The first-order valence-corrected chi connectivity index (χ1v) is 4.49. The largest absolute Gasteiger partial charge is 0.394 e. The normalized spacial score (nSPS) is 11.1. The molecule has 0 rings (SSSR count). The van der Waals surface area contributed by atoms with Crippen LogP contribution in [0.2, 0.25) is 0 Å². The summed E-state index contributed by atoms with van der Waals surface area (Å²) in [6.07, 6.45) is 2.55. The van der Waals surface area contributed by atoms with Crippen LogP contribution in [0, 0.1) is 0 Å². The van der Waals surface area contributed by atoms with Crippen LogP contribution < -0.4 is 0 Å². The Morgan fingerprint density at radius 3 is 1.27 bits per heavy atom. The average molecular weight is 226 g/mol. The Labute approximate surface area is 89.7 Å². The van der Waals surface area contributed by atoms with Crippen LogP contribution in [0.3, 0.4) is 0 Å². The van der Waals surface area contributed by atoms with E-state index >= 15 is 0 Å². The lowest BCUT2D eigenvalue weighted by Crippen LogP contribution is -2.06. The third-order valence-electron chi connectivity index (χ3n) is 0.802. The molecule has 0 radical (unpaired) electrons. The highest BCUT2D eigenvalue weighted by Gasteiger charge is 1.89. The summed E-state index contributed by atoms with van der Waals surface area (Å²) in [6.45, 7) is 1.10. The third-order valence-corrected chi connectivity index (χ3v) is 0.802. The molecular formula is C9H22O6. The molecule has 0 aromatic rings. The van der Waals surface area contributed by atoms with Gasteiger partial charge in [0.2, 0.25) is 0 Å². The first-order valence-electron chi connectivity index (χ1n) is 4.49. The van der Waals surface area contributed by atoms with E-state index in [-0.39, 0.29) is 33.0 Å². The molecule has 0 aliphatic carbocycles. The molecule has 0 fully saturated rings. The lowest BCUT2D eigenvalue weighted by Gasteiger charge is -1.94. The van der Waals surface area contributed by atoms with Crippen molar-refractivity contribution in [3.8, 4) is 0 Å². The van der Waals surface area contributed by atoms with Crippen LogP contribution >= 0.6 is 0 Å². The summed E-state index contributed by atoms with van der Waals surface area (Å²) in [5.74, 6) is 0. The maximum Gasteiger partial charge on any atom is 0.0951 e. The maximum absolute atomic E-state index is 8.52. The average Bonchev–Trinajstić information content (AvgIpc) is 2.30. The van der Waals surface area contributed by atoms with E-state index in [1.165, 1.54) is 6.08 Å². The Hall–Kier alpha value is -0.500. The molecule has 0 aliphatic heterocycles. The first kappa shape index (κ1) is 20.0.